The van der Waals surface area contributed by atoms with E-state index in [-0.39, 0.29) is 21.5 Å². The van der Waals surface area contributed by atoms with Crippen LogP contribution in [0.1, 0.15) is 23.2 Å². The average Bonchev–Trinajstić information content (AvgIpc) is 2.47. The van der Waals surface area contributed by atoms with Gasteiger partial charge in [-0.3, -0.25) is 0 Å². The van der Waals surface area contributed by atoms with E-state index in [4.69, 9.17) is 11.6 Å². The molecule has 1 saturated heterocycles. The highest BCUT2D eigenvalue weighted by Crippen LogP contribution is 2.22. The molecule has 1 aromatic rings. The first kappa shape index (κ1) is 16.2. The summed E-state index contributed by atoms with van der Waals surface area (Å²) in [4.78, 5) is 11.5. The first-order valence-electron chi connectivity index (χ1n) is 6.55. The van der Waals surface area contributed by atoms with Crippen LogP contribution in [0.2, 0.25) is 5.02 Å². The van der Waals surface area contributed by atoms with E-state index in [1.54, 1.807) is 0 Å². The smallest absolute Gasteiger partial charge is 0.339 e. The summed E-state index contributed by atoms with van der Waals surface area (Å²) in [6.45, 7) is 1.51. The van der Waals surface area contributed by atoms with E-state index in [9.17, 15) is 13.2 Å². The summed E-state index contributed by atoms with van der Waals surface area (Å²) in [6.07, 6.45) is 1.72. The fourth-order valence-corrected chi connectivity index (χ4v) is 3.80. The van der Waals surface area contributed by atoms with Gasteiger partial charge in [-0.25, -0.2) is 17.9 Å². The molecule has 116 valence electrons. The van der Waals surface area contributed by atoms with Crippen molar-refractivity contribution >= 4 is 27.6 Å². The molecule has 1 heterocycles. The molecule has 0 aliphatic carbocycles. The molecule has 2 N–H and O–H groups in total. The molecule has 6 nitrogen and oxygen atoms in total. The second-order valence-electron chi connectivity index (χ2n) is 4.80. The van der Waals surface area contributed by atoms with Gasteiger partial charge in [-0.2, -0.15) is 0 Å². The fourth-order valence-electron chi connectivity index (χ4n) is 2.18. The lowest BCUT2D eigenvalue weighted by molar-refractivity contribution is 0.0601. The molecule has 2 rings (SSSR count). The molecule has 0 saturated carbocycles. The molecule has 1 atom stereocenters. The fraction of sp³-hybridized carbons (Fsp3) is 0.462. The Balaban J connectivity index is 2.20. The summed E-state index contributed by atoms with van der Waals surface area (Å²) < 4.78 is 31.8. The van der Waals surface area contributed by atoms with Gasteiger partial charge in [-0.1, -0.05) is 11.6 Å². The molecule has 0 aromatic heterocycles. The van der Waals surface area contributed by atoms with E-state index in [0.29, 0.717) is 6.54 Å². The van der Waals surface area contributed by atoms with E-state index in [0.717, 1.165) is 19.4 Å². The van der Waals surface area contributed by atoms with Crippen molar-refractivity contribution in [3.63, 3.8) is 0 Å². The third-order valence-electron chi connectivity index (χ3n) is 3.27. The number of esters is 1. The number of halogens is 1. The van der Waals surface area contributed by atoms with Gasteiger partial charge in [0, 0.05) is 12.6 Å². The van der Waals surface area contributed by atoms with Crippen molar-refractivity contribution in [3.8, 4) is 0 Å². The molecular formula is C13H17ClN2O4S. The number of piperidine rings is 1. The van der Waals surface area contributed by atoms with Gasteiger partial charge in [0.2, 0.25) is 10.0 Å². The van der Waals surface area contributed by atoms with Crippen molar-refractivity contribution in [2.75, 3.05) is 20.2 Å². The summed E-state index contributed by atoms with van der Waals surface area (Å²) in [5.74, 6) is -0.603. The molecule has 1 aliphatic rings. The standard InChI is InChI=1S/C13H17ClN2O4S/c1-20-13(17)11-5-4-10(7-12(11)14)21(18,19)16-9-3-2-6-15-8-9/h4-5,7,9,15-16H,2-3,6,8H2,1H3/t9-/m1/s1. The third kappa shape index (κ3) is 3.94. The number of carbonyl (C=O) groups excluding carboxylic acids is 1. The maximum atomic E-state index is 12.3. The van der Waals surface area contributed by atoms with Crippen LogP contribution in [-0.2, 0) is 14.8 Å². The molecule has 1 fully saturated rings. The zero-order valence-corrected chi connectivity index (χ0v) is 13.1. The Morgan fingerprint density at radius 3 is 2.81 bits per heavy atom. The van der Waals surface area contributed by atoms with Crippen molar-refractivity contribution in [2.45, 2.75) is 23.8 Å². The molecule has 0 unspecified atom stereocenters. The normalized spacial score (nSPS) is 19.2. The lowest BCUT2D eigenvalue weighted by atomic mass is 10.1. The van der Waals surface area contributed by atoms with E-state index >= 15 is 0 Å². The molecule has 0 bridgehead atoms. The molecule has 1 aliphatic heterocycles. The lowest BCUT2D eigenvalue weighted by Gasteiger charge is -2.23. The Labute approximate surface area is 128 Å². The number of carbonyl (C=O) groups is 1. The van der Waals surface area contributed by atoms with Crippen LogP contribution in [0.5, 0.6) is 0 Å². The van der Waals surface area contributed by atoms with Crippen LogP contribution in [0.15, 0.2) is 23.1 Å². The maximum Gasteiger partial charge on any atom is 0.339 e. The number of nitrogens with one attached hydrogen (secondary N) is 2. The SMILES string of the molecule is COC(=O)c1ccc(S(=O)(=O)N[C@@H]2CCCNC2)cc1Cl. The minimum atomic E-state index is -3.66. The number of hydrogen-bond donors (Lipinski definition) is 2. The summed E-state index contributed by atoms with van der Waals surface area (Å²) in [6, 6.07) is 3.81. The van der Waals surface area contributed by atoms with Crippen LogP contribution in [0.3, 0.4) is 0 Å². The van der Waals surface area contributed by atoms with Crippen LogP contribution >= 0.6 is 11.6 Å². The zero-order chi connectivity index (χ0) is 15.5. The number of sulfonamides is 1. The molecule has 0 spiro atoms. The molecule has 0 amide bonds. The van der Waals surface area contributed by atoms with Gasteiger partial charge >= 0.3 is 5.97 Å². The highest BCUT2D eigenvalue weighted by Gasteiger charge is 2.23. The minimum absolute atomic E-state index is 0.0331. The second kappa shape index (κ2) is 6.74. The predicted octanol–water partition coefficient (Wildman–Crippen LogP) is 1.16. The molecule has 8 heteroatoms. The molecule has 1 aromatic carbocycles. The van der Waals surface area contributed by atoms with Crippen molar-refractivity contribution in [2.24, 2.45) is 0 Å². The van der Waals surface area contributed by atoms with Crippen LogP contribution in [0, 0.1) is 0 Å². The van der Waals surface area contributed by atoms with Gasteiger partial charge in [0.05, 0.1) is 22.6 Å². The van der Waals surface area contributed by atoms with Gasteiger partial charge in [0.15, 0.2) is 0 Å². The summed E-state index contributed by atoms with van der Waals surface area (Å²) in [7, 11) is -2.42. The Morgan fingerprint density at radius 2 is 2.24 bits per heavy atom. The van der Waals surface area contributed by atoms with Gasteiger partial charge < -0.3 is 10.1 Å². The van der Waals surface area contributed by atoms with Gasteiger partial charge in [-0.05, 0) is 37.6 Å². The highest BCUT2D eigenvalue weighted by atomic mass is 35.5. The third-order valence-corrected chi connectivity index (χ3v) is 5.11. The summed E-state index contributed by atoms with van der Waals surface area (Å²) in [5, 5.41) is 3.19. The molecule has 21 heavy (non-hydrogen) atoms. The first-order chi connectivity index (χ1) is 9.94. The van der Waals surface area contributed by atoms with Crippen LogP contribution < -0.4 is 10.0 Å². The second-order valence-corrected chi connectivity index (χ2v) is 6.92. The van der Waals surface area contributed by atoms with E-state index in [1.807, 2.05) is 0 Å². The Hall–Kier alpha value is -1.15. The minimum Gasteiger partial charge on any atom is -0.465 e. The number of hydrogen-bond acceptors (Lipinski definition) is 5. The molecule has 0 radical (unpaired) electrons. The van der Waals surface area contributed by atoms with Gasteiger partial charge in [-0.15, -0.1) is 0 Å². The number of methoxy groups -OCH3 is 1. The lowest BCUT2D eigenvalue weighted by Crippen LogP contribution is -2.45. The summed E-state index contributed by atoms with van der Waals surface area (Å²) >= 11 is 5.95. The largest absolute Gasteiger partial charge is 0.465 e. The molecular weight excluding hydrogens is 316 g/mol. The number of rotatable bonds is 4. The average molecular weight is 333 g/mol. The number of benzene rings is 1. The van der Waals surface area contributed by atoms with Crippen LogP contribution in [0.4, 0.5) is 0 Å². The topological polar surface area (TPSA) is 84.5 Å². The van der Waals surface area contributed by atoms with E-state index < -0.39 is 16.0 Å². The Kier molecular flexibility index (Phi) is 5.21. The first-order valence-corrected chi connectivity index (χ1v) is 8.41. The highest BCUT2D eigenvalue weighted by molar-refractivity contribution is 7.89. The Bertz CT molecular complexity index is 627. The maximum absolute atomic E-state index is 12.3. The predicted molar refractivity (Wildman–Crippen MR) is 79.0 cm³/mol. The number of ether oxygens (including phenoxy) is 1. The van der Waals surface area contributed by atoms with Crippen LogP contribution in [-0.4, -0.2) is 40.6 Å². The van der Waals surface area contributed by atoms with E-state index in [2.05, 4.69) is 14.8 Å². The van der Waals surface area contributed by atoms with Gasteiger partial charge in [0.1, 0.15) is 0 Å². The van der Waals surface area contributed by atoms with Gasteiger partial charge in [0.25, 0.3) is 0 Å². The Morgan fingerprint density at radius 1 is 1.48 bits per heavy atom. The van der Waals surface area contributed by atoms with E-state index in [1.165, 1.54) is 25.3 Å². The van der Waals surface area contributed by atoms with Crippen molar-refractivity contribution in [1.29, 1.82) is 0 Å². The van der Waals surface area contributed by atoms with Crippen molar-refractivity contribution in [3.05, 3.63) is 28.8 Å². The van der Waals surface area contributed by atoms with Crippen LogP contribution in [0.25, 0.3) is 0 Å². The van der Waals surface area contributed by atoms with Crippen molar-refractivity contribution < 1.29 is 17.9 Å². The monoisotopic (exact) mass is 332 g/mol. The van der Waals surface area contributed by atoms with Crippen molar-refractivity contribution in [1.82, 2.24) is 10.0 Å². The quantitative estimate of drug-likeness (QED) is 0.808. The zero-order valence-electron chi connectivity index (χ0n) is 11.6. The summed E-state index contributed by atoms with van der Waals surface area (Å²) in [5.41, 5.74) is 0.137.